The molecule has 0 radical (unpaired) electrons. The number of aryl methyl sites for hydroxylation is 1. The molecule has 1 atom stereocenters. The average molecular weight is 635 g/mol. The summed E-state index contributed by atoms with van der Waals surface area (Å²) < 4.78 is 0. The standard InChI is InChI=1S/C48H58/c1-10-13-18-35-21-23-40(24-22-35)45-43(39-31-27-37(28-32-39)34(6)12-3)42(17-11-2)44(38-19-15-14-16-20-38)47(48(7,8)9)46(45)41-29-25-36(26-30-41)33(4)5/h14-16,19-34H,10-13,17-18H2,1-9H3. The van der Waals surface area contributed by atoms with Gasteiger partial charge in [-0.3, -0.25) is 0 Å². The van der Waals surface area contributed by atoms with Crippen molar-refractivity contribution < 1.29 is 0 Å². The van der Waals surface area contributed by atoms with Crippen LogP contribution in [0.1, 0.15) is 128 Å². The SMILES string of the molecule is CCCCc1ccc(-c2c(-c3ccc(C(C)CC)cc3)c(CCC)c(-c3ccccc3)c(C(C)(C)C)c2-c2ccc(C(C)C)cc2)cc1. The van der Waals surface area contributed by atoms with Crippen LogP contribution in [0.5, 0.6) is 0 Å². The van der Waals surface area contributed by atoms with Crippen LogP contribution in [0.25, 0.3) is 44.5 Å². The summed E-state index contributed by atoms with van der Waals surface area (Å²) in [7, 11) is 0. The highest BCUT2D eigenvalue weighted by Crippen LogP contribution is 2.53. The van der Waals surface area contributed by atoms with E-state index in [4.69, 9.17) is 0 Å². The van der Waals surface area contributed by atoms with Gasteiger partial charge in [-0.25, -0.2) is 0 Å². The van der Waals surface area contributed by atoms with E-state index in [2.05, 4.69) is 165 Å². The molecule has 0 aromatic heterocycles. The summed E-state index contributed by atoms with van der Waals surface area (Å²) >= 11 is 0. The molecule has 0 amide bonds. The topological polar surface area (TPSA) is 0 Å². The van der Waals surface area contributed by atoms with Crippen LogP contribution in [0.3, 0.4) is 0 Å². The number of hydrogen-bond acceptors (Lipinski definition) is 0. The fraction of sp³-hybridized carbons (Fsp3) is 0.375. The third kappa shape index (κ3) is 7.54. The van der Waals surface area contributed by atoms with Gasteiger partial charge in [0.15, 0.2) is 0 Å². The molecule has 250 valence electrons. The summed E-state index contributed by atoms with van der Waals surface area (Å²) in [5.41, 5.74) is 17.8. The van der Waals surface area contributed by atoms with Gasteiger partial charge < -0.3 is 0 Å². The highest BCUT2D eigenvalue weighted by molar-refractivity contribution is 6.03. The molecule has 0 saturated heterocycles. The maximum Gasteiger partial charge on any atom is -0.00206 e. The lowest BCUT2D eigenvalue weighted by Gasteiger charge is -2.34. The predicted octanol–water partition coefficient (Wildman–Crippen LogP) is 14.6. The fourth-order valence-electron chi connectivity index (χ4n) is 7.34. The maximum absolute atomic E-state index is 2.41. The second-order valence-corrected chi connectivity index (χ2v) is 15.2. The van der Waals surface area contributed by atoms with Gasteiger partial charge in [-0.2, -0.15) is 0 Å². The minimum Gasteiger partial charge on any atom is -0.0654 e. The van der Waals surface area contributed by atoms with Crippen LogP contribution >= 0.6 is 0 Å². The zero-order chi connectivity index (χ0) is 34.4. The third-order valence-electron chi connectivity index (χ3n) is 10.2. The minimum absolute atomic E-state index is 0.103. The molecule has 0 fully saturated rings. The first kappa shape index (κ1) is 35.4. The Morgan fingerprint density at radius 2 is 1.02 bits per heavy atom. The summed E-state index contributed by atoms with van der Waals surface area (Å²) in [6.45, 7) is 21.1. The lowest BCUT2D eigenvalue weighted by atomic mass is 9.69. The molecule has 5 aromatic carbocycles. The summed E-state index contributed by atoms with van der Waals surface area (Å²) in [5, 5.41) is 0. The van der Waals surface area contributed by atoms with Gasteiger partial charge in [-0.15, -0.1) is 0 Å². The molecule has 0 heteroatoms. The van der Waals surface area contributed by atoms with Crippen molar-refractivity contribution in [2.75, 3.05) is 0 Å². The Balaban J connectivity index is 2.00. The van der Waals surface area contributed by atoms with E-state index in [1.54, 1.807) is 0 Å². The zero-order valence-corrected chi connectivity index (χ0v) is 31.2. The molecular formula is C48H58. The molecule has 0 aliphatic carbocycles. The molecule has 0 N–H and O–H groups in total. The van der Waals surface area contributed by atoms with E-state index in [1.165, 1.54) is 85.2 Å². The van der Waals surface area contributed by atoms with Gasteiger partial charge in [0, 0.05) is 0 Å². The van der Waals surface area contributed by atoms with E-state index < -0.39 is 0 Å². The second-order valence-electron chi connectivity index (χ2n) is 15.2. The second kappa shape index (κ2) is 15.5. The van der Waals surface area contributed by atoms with E-state index in [0.717, 1.165) is 25.7 Å². The van der Waals surface area contributed by atoms with Crippen LogP contribution in [0.2, 0.25) is 0 Å². The van der Waals surface area contributed by atoms with Crippen molar-refractivity contribution in [3.63, 3.8) is 0 Å². The van der Waals surface area contributed by atoms with Crippen molar-refractivity contribution >= 4 is 0 Å². The molecule has 0 aliphatic heterocycles. The smallest absolute Gasteiger partial charge is 0.00206 e. The molecule has 5 aromatic rings. The zero-order valence-electron chi connectivity index (χ0n) is 31.2. The van der Waals surface area contributed by atoms with E-state index in [1.807, 2.05) is 0 Å². The number of hydrogen-bond donors (Lipinski definition) is 0. The minimum atomic E-state index is -0.103. The van der Waals surface area contributed by atoms with Crippen molar-refractivity contribution in [1.82, 2.24) is 0 Å². The first-order valence-corrected chi connectivity index (χ1v) is 18.7. The Hall–Kier alpha value is -3.90. The van der Waals surface area contributed by atoms with Crippen molar-refractivity contribution in [3.05, 3.63) is 131 Å². The Morgan fingerprint density at radius 1 is 0.500 bits per heavy atom. The van der Waals surface area contributed by atoms with Gasteiger partial charge in [0.25, 0.3) is 0 Å². The van der Waals surface area contributed by atoms with Crippen LogP contribution in [0.15, 0.2) is 103 Å². The Bertz CT molecular complexity index is 1760. The highest BCUT2D eigenvalue weighted by Gasteiger charge is 2.32. The van der Waals surface area contributed by atoms with E-state index in [0.29, 0.717) is 11.8 Å². The van der Waals surface area contributed by atoms with Crippen LogP contribution in [0, 0.1) is 0 Å². The number of benzene rings is 5. The molecule has 0 heterocycles. The fourth-order valence-corrected chi connectivity index (χ4v) is 7.34. The number of rotatable bonds is 12. The summed E-state index contributed by atoms with van der Waals surface area (Å²) in [4.78, 5) is 0. The van der Waals surface area contributed by atoms with Gasteiger partial charge in [-0.1, -0.05) is 178 Å². The van der Waals surface area contributed by atoms with Gasteiger partial charge in [0.1, 0.15) is 0 Å². The van der Waals surface area contributed by atoms with E-state index >= 15 is 0 Å². The molecule has 5 rings (SSSR count). The molecule has 0 bridgehead atoms. The summed E-state index contributed by atoms with van der Waals surface area (Å²) in [6.07, 6.45) is 6.81. The average Bonchev–Trinajstić information content (AvgIpc) is 3.10. The van der Waals surface area contributed by atoms with Gasteiger partial charge in [0.05, 0.1) is 0 Å². The lowest BCUT2D eigenvalue weighted by molar-refractivity contribution is 0.593. The first-order valence-electron chi connectivity index (χ1n) is 18.7. The van der Waals surface area contributed by atoms with E-state index in [-0.39, 0.29) is 5.41 Å². The van der Waals surface area contributed by atoms with Crippen molar-refractivity contribution in [3.8, 4) is 44.5 Å². The highest BCUT2D eigenvalue weighted by atomic mass is 14.4. The summed E-state index contributed by atoms with van der Waals surface area (Å²) in [5.74, 6) is 1.03. The van der Waals surface area contributed by atoms with E-state index in [9.17, 15) is 0 Å². The predicted molar refractivity (Wildman–Crippen MR) is 212 cm³/mol. The Labute approximate surface area is 292 Å². The maximum atomic E-state index is 2.41. The van der Waals surface area contributed by atoms with Crippen LogP contribution in [-0.2, 0) is 18.3 Å². The van der Waals surface area contributed by atoms with Gasteiger partial charge in [-0.05, 0) is 115 Å². The molecule has 48 heavy (non-hydrogen) atoms. The lowest BCUT2D eigenvalue weighted by Crippen LogP contribution is -2.18. The Morgan fingerprint density at radius 3 is 1.54 bits per heavy atom. The normalized spacial score (nSPS) is 12.5. The summed E-state index contributed by atoms with van der Waals surface area (Å²) in [6, 6.07) is 39.9. The number of unbranched alkanes of at least 4 members (excludes halogenated alkanes) is 1. The Kier molecular flexibility index (Phi) is 11.5. The molecule has 0 aliphatic rings. The first-order chi connectivity index (χ1) is 23.1. The quantitative estimate of drug-likeness (QED) is 0.128. The van der Waals surface area contributed by atoms with Crippen molar-refractivity contribution in [1.29, 1.82) is 0 Å². The van der Waals surface area contributed by atoms with Crippen LogP contribution in [0.4, 0.5) is 0 Å². The van der Waals surface area contributed by atoms with Crippen molar-refractivity contribution in [2.45, 2.75) is 118 Å². The molecule has 0 nitrogen and oxygen atoms in total. The monoisotopic (exact) mass is 634 g/mol. The molecule has 1 unspecified atom stereocenters. The van der Waals surface area contributed by atoms with Crippen molar-refractivity contribution in [2.24, 2.45) is 0 Å². The third-order valence-corrected chi connectivity index (χ3v) is 10.2. The van der Waals surface area contributed by atoms with Crippen LogP contribution in [-0.4, -0.2) is 0 Å². The van der Waals surface area contributed by atoms with Gasteiger partial charge in [0.2, 0.25) is 0 Å². The van der Waals surface area contributed by atoms with Crippen LogP contribution < -0.4 is 0 Å². The molecule has 0 saturated carbocycles. The molecular weight excluding hydrogens is 577 g/mol. The largest absolute Gasteiger partial charge is 0.0654 e. The molecule has 0 spiro atoms. The van der Waals surface area contributed by atoms with Gasteiger partial charge >= 0.3 is 0 Å².